The minimum atomic E-state index is 0.447. The maximum atomic E-state index is 5.78. The lowest BCUT2D eigenvalue weighted by molar-refractivity contribution is 0.988. The van der Waals surface area contributed by atoms with Crippen LogP contribution >= 0.6 is 11.3 Å². The van der Waals surface area contributed by atoms with Crippen LogP contribution in [0.15, 0.2) is 6.07 Å². The van der Waals surface area contributed by atoms with E-state index in [9.17, 15) is 0 Å². The van der Waals surface area contributed by atoms with E-state index in [-0.39, 0.29) is 0 Å². The summed E-state index contributed by atoms with van der Waals surface area (Å²) < 4.78 is 0. The SMILES string of the molecule is Cc1cc([C@@H]2C[C@H]2N)c(C)s1. The van der Waals surface area contributed by atoms with E-state index >= 15 is 0 Å². The maximum Gasteiger partial charge on any atom is 0.0115 e. The van der Waals surface area contributed by atoms with Crippen LogP contribution in [0, 0.1) is 13.8 Å². The number of nitrogens with two attached hydrogens (primary N) is 1. The van der Waals surface area contributed by atoms with Gasteiger partial charge >= 0.3 is 0 Å². The molecule has 11 heavy (non-hydrogen) atoms. The molecule has 1 aliphatic carbocycles. The third-order valence-corrected chi connectivity index (χ3v) is 3.30. The van der Waals surface area contributed by atoms with Crippen molar-refractivity contribution in [3.63, 3.8) is 0 Å². The number of rotatable bonds is 1. The Hall–Kier alpha value is -0.340. The number of aryl methyl sites for hydroxylation is 2. The number of thiophene rings is 1. The van der Waals surface area contributed by atoms with Crippen molar-refractivity contribution in [1.29, 1.82) is 0 Å². The molecule has 0 aromatic carbocycles. The Bertz CT molecular complexity index is 277. The van der Waals surface area contributed by atoms with Crippen molar-refractivity contribution < 1.29 is 0 Å². The smallest absolute Gasteiger partial charge is 0.0115 e. The molecule has 0 amide bonds. The summed E-state index contributed by atoms with van der Waals surface area (Å²) in [6.07, 6.45) is 1.19. The molecule has 0 saturated heterocycles. The monoisotopic (exact) mass is 167 g/mol. The van der Waals surface area contributed by atoms with Gasteiger partial charge < -0.3 is 5.73 Å². The zero-order valence-corrected chi connectivity index (χ0v) is 7.74. The van der Waals surface area contributed by atoms with Crippen molar-refractivity contribution in [2.75, 3.05) is 0 Å². The van der Waals surface area contributed by atoms with Crippen LogP contribution in [0.3, 0.4) is 0 Å². The molecule has 1 fully saturated rings. The summed E-state index contributed by atoms with van der Waals surface area (Å²) in [5.41, 5.74) is 7.28. The Morgan fingerprint density at radius 1 is 1.55 bits per heavy atom. The van der Waals surface area contributed by atoms with E-state index in [0.29, 0.717) is 12.0 Å². The third-order valence-electron chi connectivity index (χ3n) is 2.32. The first-order valence-corrected chi connectivity index (χ1v) is 4.82. The van der Waals surface area contributed by atoms with E-state index in [1.54, 1.807) is 0 Å². The highest BCUT2D eigenvalue weighted by atomic mass is 32.1. The first kappa shape index (κ1) is 7.32. The van der Waals surface area contributed by atoms with Gasteiger partial charge in [0.2, 0.25) is 0 Å². The average Bonchev–Trinajstić information content (AvgIpc) is 2.52. The van der Waals surface area contributed by atoms with Gasteiger partial charge in [-0.25, -0.2) is 0 Å². The van der Waals surface area contributed by atoms with Crippen LogP contribution in [0.5, 0.6) is 0 Å². The Kier molecular flexibility index (Phi) is 1.55. The minimum Gasteiger partial charge on any atom is -0.327 e. The summed E-state index contributed by atoms with van der Waals surface area (Å²) in [7, 11) is 0. The lowest BCUT2D eigenvalue weighted by Gasteiger charge is -1.93. The summed E-state index contributed by atoms with van der Waals surface area (Å²) in [6.45, 7) is 4.35. The largest absolute Gasteiger partial charge is 0.327 e. The molecule has 0 spiro atoms. The Balaban J connectivity index is 2.30. The van der Waals surface area contributed by atoms with E-state index in [0.717, 1.165) is 0 Å². The molecule has 1 aromatic rings. The molecular formula is C9H13NS. The summed E-state index contributed by atoms with van der Waals surface area (Å²) >= 11 is 1.88. The molecule has 1 aliphatic rings. The molecule has 0 radical (unpaired) electrons. The number of hydrogen-bond donors (Lipinski definition) is 1. The van der Waals surface area contributed by atoms with E-state index in [1.165, 1.54) is 21.7 Å². The Labute approximate surface area is 71.2 Å². The van der Waals surface area contributed by atoms with Crippen LogP contribution < -0.4 is 5.73 Å². The van der Waals surface area contributed by atoms with Gasteiger partial charge in [-0.05, 0) is 31.9 Å². The fourth-order valence-electron chi connectivity index (χ4n) is 1.59. The van der Waals surface area contributed by atoms with Gasteiger partial charge in [0.25, 0.3) is 0 Å². The van der Waals surface area contributed by atoms with Gasteiger partial charge in [0, 0.05) is 21.7 Å². The molecule has 1 heterocycles. The molecule has 2 N–H and O–H groups in total. The standard InChI is InChI=1S/C9H13NS/c1-5-3-7(6(2)11-5)8-4-9(8)10/h3,8-9H,4,10H2,1-2H3/t8-,9+/m0/s1. The van der Waals surface area contributed by atoms with Gasteiger partial charge in [0.15, 0.2) is 0 Å². The van der Waals surface area contributed by atoms with Gasteiger partial charge in [-0.3, -0.25) is 0 Å². The topological polar surface area (TPSA) is 26.0 Å². The van der Waals surface area contributed by atoms with Crippen molar-refractivity contribution in [3.8, 4) is 0 Å². The summed E-state index contributed by atoms with van der Waals surface area (Å²) in [6, 6.07) is 2.74. The maximum absolute atomic E-state index is 5.78. The van der Waals surface area contributed by atoms with Crippen LogP contribution in [-0.4, -0.2) is 6.04 Å². The fraction of sp³-hybridized carbons (Fsp3) is 0.556. The van der Waals surface area contributed by atoms with Gasteiger partial charge in [-0.15, -0.1) is 11.3 Å². The lowest BCUT2D eigenvalue weighted by Crippen LogP contribution is -2.00. The molecule has 2 heteroatoms. The van der Waals surface area contributed by atoms with Crippen LogP contribution in [0.25, 0.3) is 0 Å². The van der Waals surface area contributed by atoms with Crippen LogP contribution in [-0.2, 0) is 0 Å². The molecule has 1 aromatic heterocycles. The van der Waals surface area contributed by atoms with Crippen molar-refractivity contribution in [1.82, 2.24) is 0 Å². The van der Waals surface area contributed by atoms with Crippen molar-refractivity contribution in [3.05, 3.63) is 21.4 Å². The lowest BCUT2D eigenvalue weighted by atomic mass is 10.1. The molecule has 1 nitrogen and oxygen atoms in total. The first-order valence-electron chi connectivity index (χ1n) is 4.01. The molecule has 60 valence electrons. The zero-order chi connectivity index (χ0) is 8.01. The van der Waals surface area contributed by atoms with Gasteiger partial charge in [0.05, 0.1) is 0 Å². The quantitative estimate of drug-likeness (QED) is 0.681. The highest BCUT2D eigenvalue weighted by molar-refractivity contribution is 7.12. The Morgan fingerprint density at radius 3 is 2.55 bits per heavy atom. The summed E-state index contributed by atoms with van der Waals surface area (Å²) in [5, 5.41) is 0. The first-order chi connectivity index (χ1) is 5.18. The molecular weight excluding hydrogens is 154 g/mol. The predicted molar refractivity (Wildman–Crippen MR) is 49.1 cm³/mol. The van der Waals surface area contributed by atoms with Crippen molar-refractivity contribution >= 4 is 11.3 Å². The Morgan fingerprint density at radius 2 is 2.18 bits per heavy atom. The second kappa shape index (κ2) is 2.32. The number of hydrogen-bond acceptors (Lipinski definition) is 2. The zero-order valence-electron chi connectivity index (χ0n) is 6.92. The van der Waals surface area contributed by atoms with E-state index < -0.39 is 0 Å². The van der Waals surface area contributed by atoms with Crippen LogP contribution in [0.1, 0.15) is 27.7 Å². The van der Waals surface area contributed by atoms with Gasteiger partial charge in [-0.1, -0.05) is 0 Å². The second-order valence-electron chi connectivity index (χ2n) is 3.37. The second-order valence-corrected chi connectivity index (χ2v) is 4.84. The van der Waals surface area contributed by atoms with Gasteiger partial charge in [-0.2, -0.15) is 0 Å². The normalized spacial score (nSPS) is 29.0. The molecule has 2 atom stereocenters. The minimum absolute atomic E-state index is 0.447. The fourth-order valence-corrected chi connectivity index (χ4v) is 2.59. The van der Waals surface area contributed by atoms with E-state index in [4.69, 9.17) is 5.73 Å². The molecule has 0 unspecified atom stereocenters. The molecule has 1 saturated carbocycles. The summed E-state index contributed by atoms with van der Waals surface area (Å²) in [4.78, 5) is 2.87. The molecule has 2 rings (SSSR count). The summed E-state index contributed by atoms with van der Waals surface area (Å²) in [5.74, 6) is 0.681. The van der Waals surface area contributed by atoms with Crippen LogP contribution in [0.4, 0.5) is 0 Å². The highest BCUT2D eigenvalue weighted by Gasteiger charge is 2.36. The molecule has 0 aliphatic heterocycles. The molecule has 0 bridgehead atoms. The van der Waals surface area contributed by atoms with E-state index in [1.807, 2.05) is 11.3 Å². The predicted octanol–water partition coefficient (Wildman–Crippen LogP) is 2.18. The van der Waals surface area contributed by atoms with Crippen LogP contribution in [0.2, 0.25) is 0 Å². The van der Waals surface area contributed by atoms with Crippen molar-refractivity contribution in [2.24, 2.45) is 5.73 Å². The highest BCUT2D eigenvalue weighted by Crippen LogP contribution is 2.42. The van der Waals surface area contributed by atoms with Gasteiger partial charge in [0.1, 0.15) is 0 Å². The third kappa shape index (κ3) is 1.21. The van der Waals surface area contributed by atoms with Crippen molar-refractivity contribution in [2.45, 2.75) is 32.2 Å². The average molecular weight is 167 g/mol. The van der Waals surface area contributed by atoms with E-state index in [2.05, 4.69) is 19.9 Å².